The van der Waals surface area contributed by atoms with Gasteiger partial charge in [0.05, 0.1) is 38.5 Å². The minimum absolute atomic E-state index is 0.121. The Morgan fingerprint density at radius 1 is 1.35 bits per heavy atom. The van der Waals surface area contributed by atoms with Gasteiger partial charge in [-0.05, 0) is 31.5 Å². The van der Waals surface area contributed by atoms with Crippen LogP contribution in [0.15, 0.2) is 23.6 Å². The molecule has 0 saturated carbocycles. The van der Waals surface area contributed by atoms with E-state index < -0.39 is 0 Å². The van der Waals surface area contributed by atoms with Crippen LogP contribution in [-0.2, 0) is 9.47 Å². The van der Waals surface area contributed by atoms with Crippen molar-refractivity contribution in [2.75, 3.05) is 51.3 Å². The summed E-state index contributed by atoms with van der Waals surface area (Å²) < 4.78 is 10.9. The third-order valence-corrected chi connectivity index (χ3v) is 6.09. The van der Waals surface area contributed by atoms with Crippen molar-refractivity contribution in [1.29, 1.82) is 5.26 Å². The molecule has 2 aromatic heterocycles. The molecule has 2 fully saturated rings. The molecule has 164 valence electrons. The lowest BCUT2D eigenvalue weighted by Crippen LogP contribution is -2.39. The Hall–Kier alpha value is -2.58. The molecular weight excluding hydrogens is 416 g/mol. The van der Waals surface area contributed by atoms with E-state index in [-0.39, 0.29) is 12.0 Å². The lowest BCUT2D eigenvalue weighted by Gasteiger charge is -2.30. The summed E-state index contributed by atoms with van der Waals surface area (Å²) in [5.41, 5.74) is 1.37. The summed E-state index contributed by atoms with van der Waals surface area (Å²) in [6.45, 7) is 4.30. The summed E-state index contributed by atoms with van der Waals surface area (Å²) in [4.78, 5) is 23.7. The number of hydrogen-bond acceptors (Lipinski definition) is 9. The van der Waals surface area contributed by atoms with Crippen molar-refractivity contribution in [2.45, 2.75) is 24.9 Å². The van der Waals surface area contributed by atoms with Crippen molar-refractivity contribution in [3.05, 3.63) is 35.0 Å². The Morgan fingerprint density at radius 3 is 3.13 bits per heavy atom. The number of ether oxygens (including phenoxy) is 2. The molecule has 0 radical (unpaired) electrons. The van der Waals surface area contributed by atoms with E-state index in [2.05, 4.69) is 26.6 Å². The molecule has 4 rings (SSSR count). The maximum absolute atomic E-state index is 12.4. The molecule has 0 aliphatic carbocycles. The van der Waals surface area contributed by atoms with Gasteiger partial charge in [0.25, 0.3) is 5.91 Å². The normalized spacial score (nSPS) is 21.9. The van der Waals surface area contributed by atoms with E-state index in [1.54, 1.807) is 5.38 Å². The van der Waals surface area contributed by atoms with Crippen molar-refractivity contribution in [3.63, 3.8) is 0 Å². The summed E-state index contributed by atoms with van der Waals surface area (Å²) in [6.07, 6.45) is 2.01. The molecule has 31 heavy (non-hydrogen) atoms. The quantitative estimate of drug-likeness (QED) is 0.627. The van der Waals surface area contributed by atoms with Gasteiger partial charge in [-0.3, -0.25) is 9.69 Å². The second-order valence-corrected chi connectivity index (χ2v) is 8.48. The van der Waals surface area contributed by atoms with Crippen LogP contribution in [0.3, 0.4) is 0 Å². The standard InChI is InChI=1S/C21H26N6O3S/c22-6-8-27-7-2-3-15(12-27)17-4-1-5-19(24-17)26-21-25-18(14-31-21)20(28)23-11-16-13-29-9-10-30-16/h1,4-5,14-16H,2-3,7-13H2,(H,23,28)(H,24,25,26)/t15-,16-/m1/s1. The maximum Gasteiger partial charge on any atom is 0.270 e. The fourth-order valence-electron chi connectivity index (χ4n) is 3.79. The average molecular weight is 443 g/mol. The third-order valence-electron chi connectivity index (χ3n) is 5.34. The van der Waals surface area contributed by atoms with Crippen molar-refractivity contribution < 1.29 is 14.3 Å². The Labute approximate surface area is 185 Å². The van der Waals surface area contributed by atoms with E-state index in [0.29, 0.717) is 55.5 Å². The first-order valence-electron chi connectivity index (χ1n) is 10.5. The van der Waals surface area contributed by atoms with Crippen LogP contribution in [0.25, 0.3) is 0 Å². The Balaban J connectivity index is 1.33. The van der Waals surface area contributed by atoms with Gasteiger partial charge < -0.3 is 20.1 Å². The smallest absolute Gasteiger partial charge is 0.270 e. The molecule has 0 bridgehead atoms. The molecule has 4 heterocycles. The Kier molecular flexibility index (Phi) is 7.43. The number of nitriles is 1. The molecule has 2 N–H and O–H groups in total. The number of likely N-dealkylation sites (tertiary alicyclic amines) is 1. The zero-order valence-electron chi connectivity index (χ0n) is 17.2. The number of carbonyl (C=O) groups excluding carboxylic acids is 1. The van der Waals surface area contributed by atoms with E-state index in [0.717, 1.165) is 31.6 Å². The highest BCUT2D eigenvalue weighted by Crippen LogP contribution is 2.27. The Bertz CT molecular complexity index is 924. The minimum atomic E-state index is -0.236. The van der Waals surface area contributed by atoms with E-state index in [1.807, 2.05) is 18.2 Å². The molecule has 10 heteroatoms. The molecule has 1 amide bonds. The van der Waals surface area contributed by atoms with Crippen molar-refractivity contribution in [3.8, 4) is 6.07 Å². The number of aromatic nitrogens is 2. The number of thiazole rings is 1. The largest absolute Gasteiger partial charge is 0.376 e. The van der Waals surface area contributed by atoms with Gasteiger partial charge in [-0.25, -0.2) is 9.97 Å². The van der Waals surface area contributed by atoms with E-state index in [9.17, 15) is 4.79 Å². The molecule has 2 atom stereocenters. The highest BCUT2D eigenvalue weighted by molar-refractivity contribution is 7.14. The lowest BCUT2D eigenvalue weighted by molar-refractivity contribution is -0.0855. The van der Waals surface area contributed by atoms with Gasteiger partial charge in [-0.2, -0.15) is 5.26 Å². The maximum atomic E-state index is 12.4. The first-order chi connectivity index (χ1) is 15.2. The van der Waals surface area contributed by atoms with Gasteiger partial charge in [-0.1, -0.05) is 6.07 Å². The molecule has 9 nitrogen and oxygen atoms in total. The van der Waals surface area contributed by atoms with Crippen LogP contribution < -0.4 is 10.6 Å². The topological polar surface area (TPSA) is 112 Å². The van der Waals surface area contributed by atoms with Crippen LogP contribution in [0.4, 0.5) is 10.9 Å². The number of rotatable bonds is 7. The first kappa shape index (κ1) is 21.6. The molecule has 0 spiro atoms. The average Bonchev–Trinajstić information content (AvgIpc) is 3.27. The number of nitrogens with one attached hydrogen (secondary N) is 2. The fourth-order valence-corrected chi connectivity index (χ4v) is 4.48. The lowest BCUT2D eigenvalue weighted by atomic mass is 9.94. The van der Waals surface area contributed by atoms with Gasteiger partial charge in [0.15, 0.2) is 5.13 Å². The number of nitrogens with zero attached hydrogens (tertiary/aromatic N) is 4. The van der Waals surface area contributed by atoms with Gasteiger partial charge in [0.1, 0.15) is 11.5 Å². The summed E-state index contributed by atoms with van der Waals surface area (Å²) in [6, 6.07) is 8.13. The first-order valence-corrected chi connectivity index (χ1v) is 11.4. The molecule has 0 unspecified atom stereocenters. The number of carbonyl (C=O) groups is 1. The number of anilines is 2. The molecule has 2 aromatic rings. The van der Waals surface area contributed by atoms with Crippen LogP contribution >= 0.6 is 11.3 Å². The number of piperidine rings is 1. The Morgan fingerprint density at radius 2 is 2.29 bits per heavy atom. The van der Waals surface area contributed by atoms with Crippen LogP contribution in [-0.4, -0.2) is 72.9 Å². The second-order valence-electron chi connectivity index (χ2n) is 7.62. The summed E-state index contributed by atoms with van der Waals surface area (Å²) >= 11 is 1.36. The van der Waals surface area contributed by atoms with Crippen LogP contribution in [0.1, 0.15) is 34.9 Å². The number of pyridine rings is 1. The third kappa shape index (κ3) is 5.98. The van der Waals surface area contributed by atoms with E-state index in [1.165, 1.54) is 11.3 Å². The van der Waals surface area contributed by atoms with Crippen molar-refractivity contribution in [1.82, 2.24) is 20.2 Å². The molecule has 2 aliphatic heterocycles. The monoisotopic (exact) mass is 442 g/mol. The van der Waals surface area contributed by atoms with Crippen LogP contribution in [0.5, 0.6) is 0 Å². The predicted molar refractivity (Wildman–Crippen MR) is 117 cm³/mol. The van der Waals surface area contributed by atoms with Gasteiger partial charge >= 0.3 is 0 Å². The number of amides is 1. The molecular formula is C21H26N6O3S. The zero-order valence-corrected chi connectivity index (χ0v) is 18.1. The number of hydrogen-bond donors (Lipinski definition) is 2. The molecule has 2 aliphatic rings. The van der Waals surface area contributed by atoms with Gasteiger partial charge in [-0.15, -0.1) is 11.3 Å². The zero-order chi connectivity index (χ0) is 21.5. The predicted octanol–water partition coefficient (Wildman–Crippen LogP) is 2.13. The van der Waals surface area contributed by atoms with Crippen molar-refractivity contribution in [2.24, 2.45) is 0 Å². The summed E-state index contributed by atoms with van der Waals surface area (Å²) in [7, 11) is 0. The van der Waals surface area contributed by atoms with Crippen LogP contribution in [0.2, 0.25) is 0 Å². The van der Waals surface area contributed by atoms with E-state index in [4.69, 9.17) is 19.7 Å². The van der Waals surface area contributed by atoms with Gasteiger partial charge in [0, 0.05) is 30.1 Å². The highest BCUT2D eigenvalue weighted by atomic mass is 32.1. The molecule has 0 aromatic carbocycles. The minimum Gasteiger partial charge on any atom is -0.376 e. The second kappa shape index (κ2) is 10.6. The fraction of sp³-hybridized carbons (Fsp3) is 0.524. The summed E-state index contributed by atoms with van der Waals surface area (Å²) in [5, 5.41) is 17.3. The molecule has 2 saturated heterocycles. The highest BCUT2D eigenvalue weighted by Gasteiger charge is 2.22. The summed E-state index contributed by atoms with van der Waals surface area (Å²) in [5.74, 6) is 0.774. The van der Waals surface area contributed by atoms with Crippen LogP contribution in [0, 0.1) is 11.3 Å². The van der Waals surface area contributed by atoms with E-state index >= 15 is 0 Å². The SMILES string of the molecule is N#CCN1CCC[C@@H](c2cccc(Nc3nc(C(=O)NC[C@@H]4COCCO4)cs3)n2)C1. The van der Waals surface area contributed by atoms with Crippen molar-refractivity contribution >= 4 is 28.2 Å². The van der Waals surface area contributed by atoms with Gasteiger partial charge in [0.2, 0.25) is 0 Å².